The number of aryl methyl sites for hydroxylation is 2. The minimum absolute atomic E-state index is 0. The summed E-state index contributed by atoms with van der Waals surface area (Å²) in [6, 6.07) is 11.6. The zero-order chi connectivity index (χ0) is 18.5. The Balaban J connectivity index is 0. The molecule has 0 amide bonds. The Kier molecular flexibility index (Phi) is 15.9. The first-order valence-corrected chi connectivity index (χ1v) is 9.20. The Bertz CT molecular complexity index is 778. The summed E-state index contributed by atoms with van der Waals surface area (Å²) in [5.74, 6) is 0.577. The van der Waals surface area contributed by atoms with Gasteiger partial charge in [0.1, 0.15) is 11.5 Å². The van der Waals surface area contributed by atoms with Crippen LogP contribution in [0.4, 0.5) is 0 Å². The minimum atomic E-state index is 0. The summed E-state index contributed by atoms with van der Waals surface area (Å²) in [5.41, 5.74) is 3.19. The quantitative estimate of drug-likeness (QED) is 0.329. The molecule has 0 unspecified atom stereocenters. The summed E-state index contributed by atoms with van der Waals surface area (Å²) in [4.78, 5) is 9.46. The number of phenolic OH excluding ortho intramolecular Hbond substituents is 2. The van der Waals surface area contributed by atoms with Crippen LogP contribution in [0.2, 0.25) is 0 Å². The van der Waals surface area contributed by atoms with E-state index in [1.54, 1.807) is 12.4 Å². The maximum absolute atomic E-state index is 10.2. The van der Waals surface area contributed by atoms with Crippen molar-refractivity contribution in [3.8, 4) is 11.5 Å². The molecule has 2 atom stereocenters. The molecule has 0 aromatic heterocycles. The summed E-state index contributed by atoms with van der Waals surface area (Å²) < 4.78 is 0. The number of phenols is 2. The van der Waals surface area contributed by atoms with Crippen LogP contribution in [0, 0.1) is 13.8 Å². The predicted molar refractivity (Wildman–Crippen MR) is 107 cm³/mol. The number of benzene rings is 2. The Morgan fingerprint density at radius 1 is 0.733 bits per heavy atom. The molecule has 0 bridgehead atoms. The molecule has 0 saturated heterocycles. The van der Waals surface area contributed by atoms with Crippen molar-refractivity contribution in [1.82, 2.24) is 0 Å². The first-order chi connectivity index (χ1) is 12.6. The number of hydrogen-bond donors (Lipinski definition) is 2. The predicted octanol–water partition coefficient (Wildman–Crippen LogP) is -4.43. The van der Waals surface area contributed by atoms with E-state index in [0.717, 1.165) is 47.9 Å². The number of nitrogens with zero attached hydrogens (tertiary/aromatic N) is 2. The number of hydrogen-bond acceptors (Lipinski definition) is 4. The molecular weight excluding hydrogens is 623 g/mol. The van der Waals surface area contributed by atoms with E-state index in [1.807, 2.05) is 50.2 Å². The monoisotopic (exact) mass is 646 g/mol. The van der Waals surface area contributed by atoms with Gasteiger partial charge in [0.05, 0.1) is 12.1 Å². The first kappa shape index (κ1) is 31.5. The summed E-state index contributed by atoms with van der Waals surface area (Å²) in [6.45, 7) is 3.77. The van der Waals surface area contributed by atoms with Crippen molar-refractivity contribution in [2.24, 2.45) is 9.98 Å². The van der Waals surface area contributed by atoms with Gasteiger partial charge in [0, 0.05) is 23.6 Å². The Morgan fingerprint density at radius 2 is 1.10 bits per heavy atom. The second-order valence-electron chi connectivity index (χ2n) is 7.00. The fraction of sp³-hybridized carbons (Fsp3) is 0.364. The van der Waals surface area contributed by atoms with E-state index in [4.69, 9.17) is 9.98 Å². The second kappa shape index (κ2) is 15.2. The largest absolute Gasteiger partial charge is 3.00 e. The molecule has 30 heavy (non-hydrogen) atoms. The normalized spacial score (nSPS) is 18.1. The fourth-order valence-corrected chi connectivity index (χ4v) is 3.36. The van der Waals surface area contributed by atoms with Crippen LogP contribution in [0.5, 0.6) is 11.5 Å². The van der Waals surface area contributed by atoms with Gasteiger partial charge in [0.25, 0.3) is 0 Å². The van der Waals surface area contributed by atoms with Gasteiger partial charge in [-0.3, -0.25) is 9.98 Å². The second-order valence-corrected chi connectivity index (χ2v) is 7.00. The van der Waals surface area contributed by atoms with Crippen LogP contribution in [0.15, 0.2) is 46.4 Å². The van der Waals surface area contributed by atoms with Crippen molar-refractivity contribution < 1.29 is 77.9 Å². The number of aliphatic imine (C=N–C) groups is 2. The number of para-hydroxylation sites is 2. The van der Waals surface area contributed by atoms with Crippen molar-refractivity contribution >= 4 is 12.4 Å². The van der Waals surface area contributed by atoms with Crippen molar-refractivity contribution in [1.29, 1.82) is 0 Å². The SMILES string of the molecule is Cc1cccc(C=N[C@@H]2CCCC[C@H]2N=Cc2cccc(C)c2O)c1O.[Br-].[Br-].[Br-].[Co+3]. The van der Waals surface area contributed by atoms with Crippen LogP contribution in [-0.4, -0.2) is 34.7 Å². The molecule has 4 nitrogen and oxygen atoms in total. The molecule has 1 saturated carbocycles. The number of rotatable bonds is 4. The van der Waals surface area contributed by atoms with Crippen LogP contribution < -0.4 is 50.9 Å². The average molecular weight is 649 g/mol. The van der Waals surface area contributed by atoms with Gasteiger partial charge in [0.15, 0.2) is 0 Å². The maximum Gasteiger partial charge on any atom is 3.00 e. The topological polar surface area (TPSA) is 65.2 Å². The van der Waals surface area contributed by atoms with Crippen LogP contribution >= 0.6 is 0 Å². The van der Waals surface area contributed by atoms with Gasteiger partial charge in [0.2, 0.25) is 0 Å². The molecule has 2 aromatic rings. The van der Waals surface area contributed by atoms with Crippen LogP contribution in [0.3, 0.4) is 0 Å². The van der Waals surface area contributed by atoms with Crippen LogP contribution in [0.25, 0.3) is 0 Å². The van der Waals surface area contributed by atoms with E-state index < -0.39 is 0 Å². The first-order valence-electron chi connectivity index (χ1n) is 9.20. The Morgan fingerprint density at radius 3 is 1.47 bits per heavy atom. The van der Waals surface area contributed by atoms with E-state index >= 15 is 0 Å². The molecule has 0 aliphatic heterocycles. The van der Waals surface area contributed by atoms with Gasteiger partial charge in [-0.05, 0) is 49.9 Å². The van der Waals surface area contributed by atoms with Gasteiger partial charge in [-0.1, -0.05) is 37.1 Å². The third-order valence-corrected chi connectivity index (χ3v) is 5.04. The van der Waals surface area contributed by atoms with Crippen LogP contribution in [-0.2, 0) is 16.8 Å². The van der Waals surface area contributed by atoms with Gasteiger partial charge in [-0.15, -0.1) is 0 Å². The molecule has 2 aromatic carbocycles. The molecule has 0 radical (unpaired) electrons. The van der Waals surface area contributed by atoms with Crippen LogP contribution in [0.1, 0.15) is 47.9 Å². The minimum Gasteiger partial charge on any atom is -1.00 e. The summed E-state index contributed by atoms with van der Waals surface area (Å²) in [5, 5.41) is 20.3. The molecule has 2 N–H and O–H groups in total. The van der Waals surface area contributed by atoms with E-state index in [-0.39, 0.29) is 91.3 Å². The molecule has 1 fully saturated rings. The standard InChI is InChI=1S/C22H26N2O2.3BrH.Co/c1-15-7-5-9-17(21(15)25)13-23-19-11-3-4-12-20(19)24-14-18-10-6-8-16(2)22(18)26;;;;/h5-10,13-14,19-20,25-26H,3-4,11-12H2,1-2H3;3*1H;/q;;;;+3/p-3/t19-,20-;;;;/m1..../s1. The molecule has 0 heterocycles. The van der Waals surface area contributed by atoms with Crippen molar-refractivity contribution in [2.45, 2.75) is 51.6 Å². The number of halogens is 3. The van der Waals surface area contributed by atoms with Gasteiger partial charge in [-0.2, -0.15) is 0 Å². The molecule has 1 aliphatic carbocycles. The van der Waals surface area contributed by atoms with Crippen molar-refractivity contribution in [2.75, 3.05) is 0 Å². The van der Waals surface area contributed by atoms with E-state index in [0.29, 0.717) is 0 Å². The molecule has 0 spiro atoms. The van der Waals surface area contributed by atoms with Gasteiger partial charge in [-0.25, -0.2) is 0 Å². The van der Waals surface area contributed by atoms with E-state index in [2.05, 4.69) is 0 Å². The zero-order valence-electron chi connectivity index (χ0n) is 16.9. The molecular formula is C22H26Br3CoN2O2. The molecule has 3 rings (SSSR count). The molecule has 166 valence electrons. The summed E-state index contributed by atoms with van der Waals surface area (Å²) in [7, 11) is 0. The van der Waals surface area contributed by atoms with Crippen molar-refractivity contribution in [3.63, 3.8) is 0 Å². The average Bonchev–Trinajstić information content (AvgIpc) is 2.65. The summed E-state index contributed by atoms with van der Waals surface area (Å²) in [6.07, 6.45) is 7.80. The third-order valence-electron chi connectivity index (χ3n) is 5.04. The molecule has 8 heteroatoms. The third kappa shape index (κ3) is 8.11. The number of aromatic hydroxyl groups is 2. The van der Waals surface area contributed by atoms with Gasteiger partial charge >= 0.3 is 16.8 Å². The van der Waals surface area contributed by atoms with Crippen molar-refractivity contribution in [3.05, 3.63) is 58.7 Å². The van der Waals surface area contributed by atoms with E-state index in [1.165, 1.54) is 0 Å². The summed E-state index contributed by atoms with van der Waals surface area (Å²) >= 11 is 0. The molecule has 1 aliphatic rings. The zero-order valence-corrected chi connectivity index (χ0v) is 22.7. The smallest absolute Gasteiger partial charge is 1.00 e. The Hall–Kier alpha value is -0.674. The Labute approximate surface area is 220 Å². The van der Waals surface area contributed by atoms with E-state index in [9.17, 15) is 10.2 Å². The fourth-order valence-electron chi connectivity index (χ4n) is 3.36. The maximum atomic E-state index is 10.2. The van der Waals surface area contributed by atoms with Gasteiger partial charge < -0.3 is 61.2 Å².